The molecule has 0 aromatic heterocycles. The minimum absolute atomic E-state index is 0.0889. The van der Waals surface area contributed by atoms with Gasteiger partial charge in [-0.15, -0.1) is 0 Å². The van der Waals surface area contributed by atoms with Gasteiger partial charge >= 0.3 is 0 Å². The van der Waals surface area contributed by atoms with Crippen LogP contribution < -0.4 is 10.1 Å². The largest absolute Gasteiger partial charge is 0.490 e. The van der Waals surface area contributed by atoms with Crippen LogP contribution in [0.4, 0.5) is 5.69 Å². The van der Waals surface area contributed by atoms with Crippen LogP contribution >= 0.6 is 0 Å². The number of nitrogens with one attached hydrogen (secondary N) is 1. The quantitative estimate of drug-likeness (QED) is 0.713. The summed E-state index contributed by atoms with van der Waals surface area (Å²) in [5, 5.41) is 13.5. The summed E-state index contributed by atoms with van der Waals surface area (Å²) in [5.74, 6) is 1.76. The standard InChI is InChI=1S/C26H32N2O3/c29-22(15-18-1-3-19(4-2-18)20-5-6-20)17-28-13-11-23(12-14-28)31-24-8-9-25-21(16-24)7-10-26(30)27-25/h1-4,8-9,16,20,22-23,29H,5-7,10-15,17H2,(H,27,30)/t22-/m0/s1. The summed E-state index contributed by atoms with van der Waals surface area (Å²) in [5.41, 5.74) is 4.74. The number of fused-ring (bicyclic) bond motifs is 1. The number of nitrogens with zero attached hydrogens (tertiary/aromatic N) is 1. The molecule has 5 rings (SSSR count). The molecule has 0 unspecified atom stereocenters. The first kappa shape index (κ1) is 20.5. The van der Waals surface area contributed by atoms with Crippen LogP contribution in [0.15, 0.2) is 42.5 Å². The van der Waals surface area contributed by atoms with E-state index in [-0.39, 0.29) is 18.1 Å². The fraction of sp³-hybridized carbons (Fsp3) is 0.500. The lowest BCUT2D eigenvalue weighted by Gasteiger charge is -2.33. The van der Waals surface area contributed by atoms with Gasteiger partial charge < -0.3 is 20.1 Å². The Hall–Kier alpha value is -2.37. The molecule has 3 aliphatic rings. The normalized spacial score (nSPS) is 20.7. The minimum Gasteiger partial charge on any atom is -0.490 e. The van der Waals surface area contributed by atoms with E-state index in [9.17, 15) is 9.90 Å². The number of aliphatic hydroxyl groups is 1. The molecule has 2 aromatic rings. The van der Waals surface area contributed by atoms with Crippen molar-refractivity contribution in [2.75, 3.05) is 25.0 Å². The fourth-order valence-corrected chi connectivity index (χ4v) is 4.81. The number of aliphatic hydroxyl groups excluding tert-OH is 1. The van der Waals surface area contributed by atoms with Crippen LogP contribution in [0.2, 0.25) is 0 Å². The highest BCUT2D eigenvalue weighted by Gasteiger charge is 2.24. The Morgan fingerprint density at radius 3 is 2.55 bits per heavy atom. The van der Waals surface area contributed by atoms with Crippen molar-refractivity contribution in [3.8, 4) is 5.75 Å². The molecule has 0 spiro atoms. The maximum absolute atomic E-state index is 11.5. The van der Waals surface area contributed by atoms with Crippen LogP contribution in [0.5, 0.6) is 5.75 Å². The van der Waals surface area contributed by atoms with Crippen LogP contribution in [-0.4, -0.2) is 47.8 Å². The molecule has 31 heavy (non-hydrogen) atoms. The number of β-amino-alcohol motifs (C(OH)–C–C–N with tert-alkyl or cyclic N) is 1. The topological polar surface area (TPSA) is 61.8 Å². The van der Waals surface area contributed by atoms with Crippen LogP contribution in [0, 0.1) is 0 Å². The molecule has 2 aliphatic heterocycles. The van der Waals surface area contributed by atoms with E-state index in [2.05, 4.69) is 40.5 Å². The number of benzene rings is 2. The van der Waals surface area contributed by atoms with Crippen LogP contribution in [0.3, 0.4) is 0 Å². The second kappa shape index (κ2) is 9.01. The molecule has 2 fully saturated rings. The van der Waals surface area contributed by atoms with E-state index in [0.29, 0.717) is 12.8 Å². The maximum atomic E-state index is 11.5. The van der Waals surface area contributed by atoms with Crippen molar-refractivity contribution in [1.29, 1.82) is 0 Å². The number of amides is 1. The molecule has 1 atom stereocenters. The zero-order chi connectivity index (χ0) is 21.2. The first-order chi connectivity index (χ1) is 15.1. The SMILES string of the molecule is O=C1CCc2cc(OC3CCN(C[C@@H](O)Cc4ccc(C5CC5)cc4)CC3)ccc2N1. The van der Waals surface area contributed by atoms with Gasteiger partial charge in [-0.1, -0.05) is 24.3 Å². The van der Waals surface area contributed by atoms with Crippen LogP contribution in [-0.2, 0) is 17.6 Å². The van der Waals surface area contributed by atoms with E-state index in [0.717, 1.165) is 61.8 Å². The third kappa shape index (κ3) is 5.28. The maximum Gasteiger partial charge on any atom is 0.224 e. The number of ether oxygens (including phenoxy) is 1. The highest BCUT2D eigenvalue weighted by atomic mass is 16.5. The number of hydrogen-bond donors (Lipinski definition) is 2. The van der Waals surface area contributed by atoms with Crippen molar-refractivity contribution in [3.63, 3.8) is 0 Å². The lowest BCUT2D eigenvalue weighted by atomic mass is 10.0. The Balaban J connectivity index is 1.07. The third-order valence-electron chi connectivity index (χ3n) is 6.78. The summed E-state index contributed by atoms with van der Waals surface area (Å²) < 4.78 is 6.23. The van der Waals surface area contributed by atoms with Crippen molar-refractivity contribution in [1.82, 2.24) is 4.90 Å². The predicted octanol–water partition coefficient (Wildman–Crippen LogP) is 3.90. The molecule has 1 amide bonds. The lowest BCUT2D eigenvalue weighted by molar-refractivity contribution is -0.116. The molecular weight excluding hydrogens is 388 g/mol. The molecule has 164 valence electrons. The Morgan fingerprint density at radius 1 is 1.03 bits per heavy atom. The second-order valence-corrected chi connectivity index (χ2v) is 9.36. The van der Waals surface area contributed by atoms with Crippen LogP contribution in [0.1, 0.15) is 54.7 Å². The van der Waals surface area contributed by atoms with Crippen molar-refractivity contribution in [2.24, 2.45) is 0 Å². The average molecular weight is 421 g/mol. The first-order valence-electron chi connectivity index (χ1n) is 11.7. The number of piperidine rings is 1. The molecule has 1 aliphatic carbocycles. The van der Waals surface area contributed by atoms with Gasteiger partial charge in [0.25, 0.3) is 0 Å². The number of hydrogen-bond acceptors (Lipinski definition) is 4. The molecule has 0 bridgehead atoms. The number of carbonyl (C=O) groups is 1. The number of anilines is 1. The molecule has 1 saturated carbocycles. The average Bonchev–Trinajstić information content (AvgIpc) is 3.61. The molecular formula is C26H32N2O3. The number of likely N-dealkylation sites (tertiary alicyclic amines) is 1. The summed E-state index contributed by atoms with van der Waals surface area (Å²) in [6.07, 6.45) is 6.50. The van der Waals surface area contributed by atoms with Gasteiger partial charge in [0.1, 0.15) is 11.9 Å². The van der Waals surface area contributed by atoms with Gasteiger partial charge in [0.2, 0.25) is 5.91 Å². The molecule has 2 heterocycles. The molecule has 0 radical (unpaired) electrons. The van der Waals surface area contributed by atoms with E-state index in [4.69, 9.17) is 4.74 Å². The van der Waals surface area contributed by atoms with Crippen LogP contribution in [0.25, 0.3) is 0 Å². The Bertz CT molecular complexity index is 915. The summed E-state index contributed by atoms with van der Waals surface area (Å²) in [6, 6.07) is 14.8. The number of rotatable bonds is 7. The van der Waals surface area contributed by atoms with Crippen molar-refractivity contribution in [2.45, 2.75) is 63.1 Å². The van der Waals surface area contributed by atoms with Gasteiger partial charge in [0, 0.05) is 31.7 Å². The van der Waals surface area contributed by atoms with Gasteiger partial charge in [-0.25, -0.2) is 0 Å². The summed E-state index contributed by atoms with van der Waals surface area (Å²) in [7, 11) is 0. The van der Waals surface area contributed by atoms with E-state index in [1.807, 2.05) is 12.1 Å². The monoisotopic (exact) mass is 420 g/mol. The zero-order valence-corrected chi connectivity index (χ0v) is 18.1. The Kier molecular flexibility index (Phi) is 5.97. The minimum atomic E-state index is -0.333. The van der Waals surface area contributed by atoms with Gasteiger partial charge in [-0.3, -0.25) is 4.79 Å². The van der Waals surface area contributed by atoms with E-state index in [1.54, 1.807) is 0 Å². The van der Waals surface area contributed by atoms with Gasteiger partial charge in [0.05, 0.1) is 6.10 Å². The van der Waals surface area contributed by atoms with E-state index < -0.39 is 0 Å². The van der Waals surface area contributed by atoms with Crippen molar-refractivity contribution < 1.29 is 14.6 Å². The second-order valence-electron chi connectivity index (χ2n) is 9.36. The highest BCUT2D eigenvalue weighted by Crippen LogP contribution is 2.40. The van der Waals surface area contributed by atoms with Gasteiger partial charge in [-0.2, -0.15) is 0 Å². The van der Waals surface area contributed by atoms with Gasteiger partial charge in [0.15, 0.2) is 0 Å². The van der Waals surface area contributed by atoms with E-state index >= 15 is 0 Å². The van der Waals surface area contributed by atoms with E-state index in [1.165, 1.54) is 24.0 Å². The number of aryl methyl sites for hydroxylation is 1. The zero-order valence-electron chi connectivity index (χ0n) is 18.1. The third-order valence-corrected chi connectivity index (χ3v) is 6.78. The summed E-state index contributed by atoms with van der Waals surface area (Å²) in [6.45, 7) is 2.61. The Morgan fingerprint density at radius 2 is 1.81 bits per heavy atom. The first-order valence-corrected chi connectivity index (χ1v) is 11.7. The smallest absolute Gasteiger partial charge is 0.224 e. The lowest BCUT2D eigenvalue weighted by Crippen LogP contribution is -2.42. The summed E-state index contributed by atoms with van der Waals surface area (Å²) in [4.78, 5) is 13.9. The molecule has 5 heteroatoms. The Labute approximate surface area is 184 Å². The van der Waals surface area contributed by atoms with Crippen molar-refractivity contribution in [3.05, 3.63) is 59.2 Å². The number of carbonyl (C=O) groups excluding carboxylic acids is 1. The molecule has 5 nitrogen and oxygen atoms in total. The molecule has 2 aromatic carbocycles. The van der Waals surface area contributed by atoms with Gasteiger partial charge in [-0.05, 0) is 79.3 Å². The fourth-order valence-electron chi connectivity index (χ4n) is 4.81. The predicted molar refractivity (Wildman–Crippen MR) is 122 cm³/mol. The highest BCUT2D eigenvalue weighted by molar-refractivity contribution is 5.94. The summed E-state index contributed by atoms with van der Waals surface area (Å²) >= 11 is 0. The molecule has 2 N–H and O–H groups in total. The molecule has 1 saturated heterocycles. The van der Waals surface area contributed by atoms with Crippen molar-refractivity contribution >= 4 is 11.6 Å².